The molecule has 1 heterocycles. The van der Waals surface area contributed by atoms with Crippen LogP contribution in [0.25, 0.3) is 0 Å². The van der Waals surface area contributed by atoms with E-state index in [1.807, 2.05) is 24.6 Å². The molecule has 24 heavy (non-hydrogen) atoms. The molecule has 0 aliphatic carbocycles. The Morgan fingerprint density at radius 1 is 1.29 bits per heavy atom. The van der Waals surface area contributed by atoms with E-state index in [1.165, 1.54) is 18.0 Å². The summed E-state index contributed by atoms with van der Waals surface area (Å²) in [5.74, 6) is -0.152. The van der Waals surface area contributed by atoms with Gasteiger partial charge in [-0.05, 0) is 43.1 Å². The van der Waals surface area contributed by atoms with Crippen LogP contribution in [-0.4, -0.2) is 35.0 Å². The number of anilines is 1. The molecule has 1 atom stereocenters. The normalized spacial score (nSPS) is 12.8. The molecule has 1 aromatic heterocycles. The standard InChI is InChI=1S/C16H21N3O3S2/c1-12-6-7-13(9-15(12)24(21,22)17-2)18-16(20)11-19(3)10-14-5-4-8-23-14/h4-9,17H,10-11H2,1-3H3,(H,18,20)/p+1. The molecule has 6 nitrogen and oxygen atoms in total. The summed E-state index contributed by atoms with van der Waals surface area (Å²) in [7, 11) is -0.236. The first-order chi connectivity index (χ1) is 11.3. The third-order valence-corrected chi connectivity index (χ3v) is 5.98. The Kier molecular flexibility index (Phi) is 6.11. The van der Waals surface area contributed by atoms with Crippen molar-refractivity contribution in [1.29, 1.82) is 0 Å². The first-order valence-corrected chi connectivity index (χ1v) is 9.86. The summed E-state index contributed by atoms with van der Waals surface area (Å²) in [4.78, 5) is 14.6. The summed E-state index contributed by atoms with van der Waals surface area (Å²) >= 11 is 1.66. The fourth-order valence-electron chi connectivity index (χ4n) is 2.33. The number of amides is 1. The molecule has 0 saturated heterocycles. The zero-order valence-corrected chi connectivity index (χ0v) is 15.6. The lowest BCUT2D eigenvalue weighted by Crippen LogP contribution is -3.08. The van der Waals surface area contributed by atoms with Crippen LogP contribution in [0.2, 0.25) is 0 Å². The minimum absolute atomic E-state index is 0.152. The van der Waals surface area contributed by atoms with Gasteiger partial charge in [0, 0.05) is 5.69 Å². The van der Waals surface area contributed by atoms with Crippen molar-refractivity contribution in [1.82, 2.24) is 4.72 Å². The van der Waals surface area contributed by atoms with Crippen LogP contribution in [0.3, 0.4) is 0 Å². The van der Waals surface area contributed by atoms with Crippen molar-refractivity contribution in [3.05, 3.63) is 46.2 Å². The Hall–Kier alpha value is -1.74. The molecule has 0 aliphatic heterocycles. The molecule has 1 amide bonds. The average molecular weight is 369 g/mol. The summed E-state index contributed by atoms with van der Waals surface area (Å²) in [5.41, 5.74) is 1.10. The number of nitrogens with one attached hydrogen (secondary N) is 3. The smallest absolute Gasteiger partial charge is 0.279 e. The van der Waals surface area contributed by atoms with Crippen molar-refractivity contribution in [2.75, 3.05) is 26.0 Å². The molecule has 0 saturated carbocycles. The maximum atomic E-state index is 12.2. The molecule has 3 N–H and O–H groups in total. The van der Waals surface area contributed by atoms with Crippen LogP contribution in [0.1, 0.15) is 10.4 Å². The Morgan fingerprint density at radius 3 is 2.67 bits per heavy atom. The van der Waals surface area contributed by atoms with E-state index in [2.05, 4.69) is 10.0 Å². The van der Waals surface area contributed by atoms with Gasteiger partial charge in [-0.3, -0.25) is 4.79 Å². The lowest BCUT2D eigenvalue weighted by Gasteiger charge is -2.14. The molecule has 0 fully saturated rings. The van der Waals surface area contributed by atoms with Crippen molar-refractivity contribution >= 4 is 33.0 Å². The largest absolute Gasteiger partial charge is 0.325 e. The van der Waals surface area contributed by atoms with Gasteiger partial charge in [0.25, 0.3) is 5.91 Å². The van der Waals surface area contributed by atoms with Crippen LogP contribution < -0.4 is 14.9 Å². The number of rotatable bonds is 7. The third kappa shape index (κ3) is 4.88. The van der Waals surface area contributed by atoms with Gasteiger partial charge in [-0.2, -0.15) is 0 Å². The molecule has 130 valence electrons. The summed E-state index contributed by atoms with van der Waals surface area (Å²) in [6.45, 7) is 2.80. The van der Waals surface area contributed by atoms with E-state index < -0.39 is 10.0 Å². The fraction of sp³-hybridized carbons (Fsp3) is 0.312. The van der Waals surface area contributed by atoms with Gasteiger partial charge in [-0.25, -0.2) is 13.1 Å². The van der Waals surface area contributed by atoms with Crippen LogP contribution in [0, 0.1) is 6.92 Å². The van der Waals surface area contributed by atoms with Gasteiger partial charge in [-0.1, -0.05) is 12.1 Å². The molecular weight excluding hydrogens is 346 g/mol. The lowest BCUT2D eigenvalue weighted by atomic mass is 10.2. The Bertz CT molecular complexity index is 802. The van der Waals surface area contributed by atoms with E-state index in [0.717, 1.165) is 11.4 Å². The highest BCUT2D eigenvalue weighted by Crippen LogP contribution is 2.19. The van der Waals surface area contributed by atoms with E-state index in [-0.39, 0.29) is 10.8 Å². The molecule has 0 radical (unpaired) electrons. The first-order valence-electron chi connectivity index (χ1n) is 7.49. The third-order valence-electron chi connectivity index (χ3n) is 3.55. The second-order valence-electron chi connectivity index (χ2n) is 5.63. The molecule has 1 aromatic carbocycles. The predicted molar refractivity (Wildman–Crippen MR) is 95.8 cm³/mol. The topological polar surface area (TPSA) is 79.7 Å². The maximum absolute atomic E-state index is 12.2. The molecule has 0 spiro atoms. The molecule has 2 rings (SSSR count). The molecule has 2 aromatic rings. The second kappa shape index (κ2) is 7.89. The monoisotopic (exact) mass is 368 g/mol. The van der Waals surface area contributed by atoms with E-state index in [1.54, 1.807) is 30.4 Å². The minimum atomic E-state index is -3.55. The number of likely N-dealkylation sites (N-methyl/N-ethyl adjacent to an activating group) is 1. The van der Waals surface area contributed by atoms with Crippen molar-refractivity contribution in [3.63, 3.8) is 0 Å². The van der Waals surface area contributed by atoms with Crippen molar-refractivity contribution < 1.29 is 18.1 Å². The Labute approximate surface area is 146 Å². The van der Waals surface area contributed by atoms with Crippen LogP contribution in [-0.2, 0) is 21.4 Å². The maximum Gasteiger partial charge on any atom is 0.279 e. The van der Waals surface area contributed by atoms with Crippen molar-refractivity contribution in [3.8, 4) is 0 Å². The predicted octanol–water partition coefficient (Wildman–Crippen LogP) is 0.618. The lowest BCUT2D eigenvalue weighted by molar-refractivity contribution is -0.884. The minimum Gasteiger partial charge on any atom is -0.325 e. The number of aryl methyl sites for hydroxylation is 1. The zero-order chi connectivity index (χ0) is 17.7. The van der Waals surface area contributed by atoms with Crippen LogP contribution in [0.15, 0.2) is 40.6 Å². The zero-order valence-electron chi connectivity index (χ0n) is 13.9. The first kappa shape index (κ1) is 18.6. The van der Waals surface area contributed by atoms with Crippen molar-refractivity contribution in [2.45, 2.75) is 18.4 Å². The van der Waals surface area contributed by atoms with Gasteiger partial charge in [0.1, 0.15) is 6.54 Å². The van der Waals surface area contributed by atoms with Gasteiger partial charge >= 0.3 is 0 Å². The number of carbonyl (C=O) groups excluding carboxylic acids is 1. The summed E-state index contributed by atoms with van der Waals surface area (Å²) in [5, 5.41) is 4.78. The number of sulfonamides is 1. The number of carbonyl (C=O) groups is 1. The van der Waals surface area contributed by atoms with Gasteiger partial charge in [-0.15, -0.1) is 11.3 Å². The summed E-state index contributed by atoms with van der Waals surface area (Å²) in [6, 6.07) is 8.90. The molecule has 0 bridgehead atoms. The van der Waals surface area contributed by atoms with E-state index in [9.17, 15) is 13.2 Å². The number of thiophene rings is 1. The van der Waals surface area contributed by atoms with Crippen LogP contribution in [0.4, 0.5) is 5.69 Å². The average Bonchev–Trinajstić information content (AvgIpc) is 3.01. The number of hydrogen-bond acceptors (Lipinski definition) is 4. The highest BCUT2D eigenvalue weighted by Gasteiger charge is 2.17. The van der Waals surface area contributed by atoms with E-state index in [4.69, 9.17) is 0 Å². The fourth-order valence-corrected chi connectivity index (χ4v) is 4.14. The Balaban J connectivity index is 2.02. The SMILES string of the molecule is CNS(=O)(=O)c1cc(NC(=O)C[NH+](C)Cc2cccs2)ccc1C. The molecular formula is C16H22N3O3S2+. The number of quaternary nitrogens is 1. The highest BCUT2D eigenvalue weighted by molar-refractivity contribution is 7.89. The van der Waals surface area contributed by atoms with Gasteiger partial charge in [0.15, 0.2) is 6.54 Å². The van der Waals surface area contributed by atoms with E-state index in [0.29, 0.717) is 17.8 Å². The van der Waals surface area contributed by atoms with Gasteiger partial charge < -0.3 is 10.2 Å². The quantitative estimate of drug-likeness (QED) is 0.670. The highest BCUT2D eigenvalue weighted by atomic mass is 32.2. The number of hydrogen-bond donors (Lipinski definition) is 3. The van der Waals surface area contributed by atoms with Gasteiger partial charge in [0.05, 0.1) is 16.8 Å². The van der Waals surface area contributed by atoms with Crippen LogP contribution in [0.5, 0.6) is 0 Å². The van der Waals surface area contributed by atoms with Crippen molar-refractivity contribution in [2.24, 2.45) is 0 Å². The molecule has 1 unspecified atom stereocenters. The van der Waals surface area contributed by atoms with Crippen LogP contribution >= 0.6 is 11.3 Å². The summed E-state index contributed by atoms with van der Waals surface area (Å²) < 4.78 is 26.3. The van der Waals surface area contributed by atoms with Gasteiger partial charge in [0.2, 0.25) is 10.0 Å². The Morgan fingerprint density at radius 2 is 2.04 bits per heavy atom. The van der Waals surface area contributed by atoms with E-state index >= 15 is 0 Å². The molecule has 8 heteroatoms. The molecule has 0 aliphatic rings. The summed E-state index contributed by atoms with van der Waals surface area (Å²) in [6.07, 6.45) is 0. The number of benzene rings is 1. The second-order valence-corrected chi connectivity index (χ2v) is 8.51.